The summed E-state index contributed by atoms with van der Waals surface area (Å²) in [6.45, 7) is 2.89. The van der Waals surface area contributed by atoms with E-state index in [0.717, 1.165) is 37.9 Å². The van der Waals surface area contributed by atoms with Crippen LogP contribution in [0.4, 0.5) is 0 Å². The molecule has 6 atom stereocenters. The predicted octanol–water partition coefficient (Wildman–Crippen LogP) is 5.80. The third-order valence-corrected chi connectivity index (χ3v) is 8.69. The summed E-state index contributed by atoms with van der Waals surface area (Å²) in [7, 11) is 0. The number of unbranched alkanes of at least 4 members (excludes halogenated alkanes) is 2. The molecule has 34 heavy (non-hydrogen) atoms. The summed E-state index contributed by atoms with van der Waals surface area (Å²) in [5, 5.41) is 20.1. The van der Waals surface area contributed by atoms with Crippen molar-refractivity contribution in [3.05, 3.63) is 29.3 Å². The first kappa shape index (κ1) is 25.5. The molecule has 2 aliphatic carbocycles. The highest BCUT2D eigenvalue weighted by atomic mass is 16.5. The molecule has 4 rings (SSSR count). The van der Waals surface area contributed by atoms with Gasteiger partial charge < -0.3 is 19.7 Å². The monoisotopic (exact) mass is 472 g/mol. The average Bonchev–Trinajstić information content (AvgIpc) is 3.14. The fraction of sp³-hybridized carbons (Fsp3) is 0.759. The molecule has 2 fully saturated rings. The number of fused-ring (bicyclic) bond motifs is 2. The van der Waals surface area contributed by atoms with E-state index in [-0.39, 0.29) is 12.7 Å². The first-order valence-corrected chi connectivity index (χ1v) is 13.8. The molecule has 0 spiro atoms. The lowest BCUT2D eigenvalue weighted by molar-refractivity contribution is -0.139. The van der Waals surface area contributed by atoms with Gasteiger partial charge in [-0.25, -0.2) is 4.79 Å². The van der Waals surface area contributed by atoms with Gasteiger partial charge >= 0.3 is 5.97 Å². The Balaban J connectivity index is 1.38. The van der Waals surface area contributed by atoms with E-state index >= 15 is 0 Å². The number of hydrogen-bond acceptors (Lipinski definition) is 4. The zero-order valence-electron chi connectivity index (χ0n) is 20.9. The number of carbonyl (C=O) groups is 1. The van der Waals surface area contributed by atoms with E-state index in [0.29, 0.717) is 35.5 Å². The van der Waals surface area contributed by atoms with Gasteiger partial charge in [0.05, 0.1) is 12.2 Å². The van der Waals surface area contributed by atoms with E-state index in [2.05, 4.69) is 13.0 Å². The second-order valence-electron chi connectivity index (χ2n) is 11.0. The fourth-order valence-corrected chi connectivity index (χ4v) is 6.94. The summed E-state index contributed by atoms with van der Waals surface area (Å²) in [5.74, 6) is 1.80. The third-order valence-electron chi connectivity index (χ3n) is 8.69. The van der Waals surface area contributed by atoms with Gasteiger partial charge in [0, 0.05) is 6.61 Å². The van der Waals surface area contributed by atoms with E-state index in [1.165, 1.54) is 63.4 Å². The number of aliphatic hydroxyl groups is 1. The highest BCUT2D eigenvalue weighted by Gasteiger charge is 2.45. The molecule has 1 aliphatic heterocycles. The van der Waals surface area contributed by atoms with Crippen molar-refractivity contribution in [2.75, 3.05) is 13.2 Å². The maximum absolute atomic E-state index is 11.1. The normalized spacial score (nSPS) is 29.3. The van der Waals surface area contributed by atoms with Crippen LogP contribution in [0.2, 0.25) is 0 Å². The standard InChI is InChI=1S/C29H44O5/c1-2-3-4-8-20(15-23-10-5-6-14-33-23)12-13-24-25-16-21-9-7-11-28(34-19-29(31)32)26(21)17-22(25)18-27(24)30/h7,9,11,20,22-25,27,30H,2-6,8,10,12-19H2,1H3,(H,31,32)/t20-,22-,23?,24+,25-,27+/m0/s1. The number of aliphatic hydroxyl groups excluding tert-OH is 1. The number of benzene rings is 1. The molecule has 2 N–H and O–H groups in total. The molecule has 5 heteroatoms. The van der Waals surface area contributed by atoms with E-state index in [4.69, 9.17) is 14.6 Å². The number of rotatable bonds is 12. The lowest BCUT2D eigenvalue weighted by Gasteiger charge is -2.33. The Morgan fingerprint density at radius 2 is 2.09 bits per heavy atom. The van der Waals surface area contributed by atoms with Crippen molar-refractivity contribution in [3.63, 3.8) is 0 Å². The zero-order valence-corrected chi connectivity index (χ0v) is 20.9. The summed E-state index contributed by atoms with van der Waals surface area (Å²) in [6.07, 6.45) is 15.3. The smallest absolute Gasteiger partial charge is 0.341 e. The molecule has 1 saturated carbocycles. The van der Waals surface area contributed by atoms with Gasteiger partial charge in [-0.3, -0.25) is 0 Å². The van der Waals surface area contributed by atoms with Crippen LogP contribution in [0.1, 0.15) is 88.7 Å². The van der Waals surface area contributed by atoms with Crippen LogP contribution >= 0.6 is 0 Å². The number of hydrogen-bond donors (Lipinski definition) is 2. The zero-order chi connectivity index (χ0) is 23.9. The second kappa shape index (κ2) is 12.4. The van der Waals surface area contributed by atoms with Crippen LogP contribution in [-0.4, -0.2) is 41.6 Å². The van der Waals surface area contributed by atoms with Gasteiger partial charge in [-0.1, -0.05) is 44.7 Å². The van der Waals surface area contributed by atoms with Crippen molar-refractivity contribution in [1.82, 2.24) is 0 Å². The minimum Gasteiger partial charge on any atom is -0.482 e. The van der Waals surface area contributed by atoms with Crippen LogP contribution in [0, 0.1) is 23.7 Å². The van der Waals surface area contributed by atoms with Crippen molar-refractivity contribution in [2.24, 2.45) is 23.7 Å². The van der Waals surface area contributed by atoms with Gasteiger partial charge in [-0.15, -0.1) is 0 Å². The molecule has 1 saturated heterocycles. The molecule has 1 aromatic rings. The van der Waals surface area contributed by atoms with Crippen molar-refractivity contribution in [1.29, 1.82) is 0 Å². The van der Waals surface area contributed by atoms with Gasteiger partial charge in [0.25, 0.3) is 0 Å². The van der Waals surface area contributed by atoms with Gasteiger partial charge in [0.15, 0.2) is 6.61 Å². The van der Waals surface area contributed by atoms with Crippen molar-refractivity contribution in [2.45, 2.75) is 103 Å². The van der Waals surface area contributed by atoms with Crippen molar-refractivity contribution < 1.29 is 24.5 Å². The Labute approximate surface area is 205 Å². The highest BCUT2D eigenvalue weighted by Crippen LogP contribution is 2.49. The van der Waals surface area contributed by atoms with Crippen molar-refractivity contribution in [3.8, 4) is 5.75 Å². The molecule has 0 aromatic heterocycles. The SMILES string of the molecule is CCCCC[C@@H](CC[C@@H]1[C@H]2Cc3cccc(OCC(=O)O)c3C[C@H]2C[C@H]1O)CC1CCCCO1. The minimum atomic E-state index is -0.949. The van der Waals surface area contributed by atoms with Crippen LogP contribution in [0.3, 0.4) is 0 Å². The maximum Gasteiger partial charge on any atom is 0.341 e. The first-order chi connectivity index (χ1) is 16.5. The molecule has 1 aromatic carbocycles. The number of ether oxygens (including phenoxy) is 2. The molecular formula is C29H44O5. The minimum absolute atomic E-state index is 0.227. The summed E-state index contributed by atoms with van der Waals surface area (Å²) >= 11 is 0. The highest BCUT2D eigenvalue weighted by molar-refractivity contribution is 5.68. The molecule has 0 amide bonds. The Morgan fingerprint density at radius 3 is 2.85 bits per heavy atom. The first-order valence-electron chi connectivity index (χ1n) is 13.8. The molecule has 1 unspecified atom stereocenters. The second-order valence-corrected chi connectivity index (χ2v) is 11.0. The summed E-state index contributed by atoms with van der Waals surface area (Å²) in [6, 6.07) is 6.03. The fourth-order valence-electron chi connectivity index (χ4n) is 6.94. The van der Waals surface area contributed by atoms with Gasteiger partial charge in [-0.05, 0) is 98.7 Å². The number of carboxylic acid groups (broad SMARTS) is 1. The Bertz CT molecular complexity index is 787. The quantitative estimate of drug-likeness (QED) is 0.376. The van der Waals surface area contributed by atoms with E-state index in [1.807, 2.05) is 12.1 Å². The third kappa shape index (κ3) is 6.54. The van der Waals surface area contributed by atoms with Crippen LogP contribution in [-0.2, 0) is 22.4 Å². The molecule has 190 valence electrons. The van der Waals surface area contributed by atoms with Crippen LogP contribution in [0.15, 0.2) is 18.2 Å². The topological polar surface area (TPSA) is 76.0 Å². The van der Waals surface area contributed by atoms with Crippen LogP contribution in [0.25, 0.3) is 0 Å². The molecular weight excluding hydrogens is 428 g/mol. The molecule has 3 aliphatic rings. The van der Waals surface area contributed by atoms with Crippen molar-refractivity contribution >= 4 is 5.97 Å². The Morgan fingerprint density at radius 1 is 1.21 bits per heavy atom. The predicted molar refractivity (Wildman–Crippen MR) is 133 cm³/mol. The van der Waals surface area contributed by atoms with Gasteiger partial charge in [0.1, 0.15) is 5.75 Å². The molecule has 0 radical (unpaired) electrons. The van der Waals surface area contributed by atoms with E-state index in [1.54, 1.807) is 0 Å². The van der Waals surface area contributed by atoms with E-state index in [9.17, 15) is 9.90 Å². The van der Waals surface area contributed by atoms with Crippen LogP contribution in [0.5, 0.6) is 5.75 Å². The summed E-state index contributed by atoms with van der Waals surface area (Å²) in [4.78, 5) is 11.0. The lowest BCUT2D eigenvalue weighted by atomic mass is 9.73. The summed E-state index contributed by atoms with van der Waals surface area (Å²) < 4.78 is 11.7. The Hall–Kier alpha value is -1.59. The van der Waals surface area contributed by atoms with Gasteiger partial charge in [0.2, 0.25) is 0 Å². The summed E-state index contributed by atoms with van der Waals surface area (Å²) in [5.41, 5.74) is 2.43. The molecule has 0 bridgehead atoms. The van der Waals surface area contributed by atoms with Crippen LogP contribution < -0.4 is 4.74 Å². The van der Waals surface area contributed by atoms with Gasteiger partial charge in [-0.2, -0.15) is 0 Å². The number of aliphatic carboxylic acids is 1. The largest absolute Gasteiger partial charge is 0.482 e. The Kier molecular flexibility index (Phi) is 9.30. The lowest BCUT2D eigenvalue weighted by Crippen LogP contribution is -2.28. The maximum atomic E-state index is 11.1. The molecule has 5 nitrogen and oxygen atoms in total. The van der Waals surface area contributed by atoms with E-state index < -0.39 is 5.97 Å². The molecule has 1 heterocycles. The number of carboxylic acids is 1. The average molecular weight is 473 g/mol.